The number of rotatable bonds is 4. The van der Waals surface area contributed by atoms with E-state index in [4.69, 9.17) is 9.47 Å². The second-order valence-electron chi connectivity index (χ2n) is 7.07. The number of aromatic nitrogens is 1. The number of nitrogens with zero attached hydrogens (tertiary/aromatic N) is 2. The van der Waals surface area contributed by atoms with E-state index in [0.717, 1.165) is 0 Å². The molecule has 126 valence electrons. The Kier molecular flexibility index (Phi) is 4.63. The molecule has 0 unspecified atom stereocenters. The van der Waals surface area contributed by atoms with E-state index in [2.05, 4.69) is 4.98 Å². The fraction of sp³-hybridized carbons (Fsp3) is 0.588. The first-order valence-electron chi connectivity index (χ1n) is 7.75. The summed E-state index contributed by atoms with van der Waals surface area (Å²) in [4.78, 5) is 30.3. The second kappa shape index (κ2) is 6.18. The van der Waals surface area contributed by atoms with Crippen molar-refractivity contribution in [2.45, 2.75) is 40.2 Å². The van der Waals surface area contributed by atoms with Crippen molar-refractivity contribution in [3.8, 4) is 5.75 Å². The summed E-state index contributed by atoms with van der Waals surface area (Å²) < 4.78 is 10.7. The lowest BCUT2D eigenvalue weighted by atomic mass is 9.76. The van der Waals surface area contributed by atoms with Gasteiger partial charge in [-0.15, -0.1) is 0 Å². The van der Waals surface area contributed by atoms with Crippen molar-refractivity contribution in [3.05, 3.63) is 24.0 Å². The molecule has 2 rings (SSSR count). The van der Waals surface area contributed by atoms with Gasteiger partial charge in [0.25, 0.3) is 0 Å². The smallest absolute Gasteiger partial charge is 0.410 e. The van der Waals surface area contributed by atoms with Crippen LogP contribution >= 0.6 is 0 Å². The van der Waals surface area contributed by atoms with Crippen LogP contribution in [-0.4, -0.2) is 47.1 Å². The first-order chi connectivity index (χ1) is 10.6. The van der Waals surface area contributed by atoms with Crippen LogP contribution in [0.2, 0.25) is 0 Å². The highest BCUT2D eigenvalue weighted by atomic mass is 16.6. The Morgan fingerprint density at radius 2 is 1.96 bits per heavy atom. The van der Waals surface area contributed by atoms with Crippen molar-refractivity contribution in [1.82, 2.24) is 9.88 Å². The zero-order valence-electron chi connectivity index (χ0n) is 14.4. The molecular weight excluding hydrogens is 296 g/mol. The maximum Gasteiger partial charge on any atom is 0.410 e. The molecule has 6 nitrogen and oxygen atoms in total. The number of pyridine rings is 1. The molecule has 1 aliphatic rings. The zero-order valence-corrected chi connectivity index (χ0v) is 14.4. The third-order valence-corrected chi connectivity index (χ3v) is 3.57. The Bertz CT molecular complexity index is 601. The Morgan fingerprint density at radius 3 is 2.52 bits per heavy atom. The molecule has 1 aromatic heterocycles. The van der Waals surface area contributed by atoms with E-state index in [9.17, 15) is 9.59 Å². The van der Waals surface area contributed by atoms with Crippen LogP contribution in [0.1, 0.15) is 45.0 Å². The zero-order chi connectivity index (χ0) is 17.3. The molecule has 0 atom stereocenters. The fourth-order valence-corrected chi connectivity index (χ4v) is 2.53. The predicted octanol–water partition coefficient (Wildman–Crippen LogP) is 2.92. The summed E-state index contributed by atoms with van der Waals surface area (Å²) in [5.74, 6) is 0.539. The molecule has 1 amide bonds. The first kappa shape index (κ1) is 17.2. The molecule has 1 aliphatic heterocycles. The van der Waals surface area contributed by atoms with Gasteiger partial charge in [0, 0.05) is 24.8 Å². The summed E-state index contributed by atoms with van der Waals surface area (Å²) in [7, 11) is 0. The van der Waals surface area contributed by atoms with E-state index in [1.807, 2.05) is 34.6 Å². The average Bonchev–Trinajstić information content (AvgIpc) is 2.42. The lowest BCUT2D eigenvalue weighted by Gasteiger charge is -2.46. The van der Waals surface area contributed by atoms with Gasteiger partial charge in [0.15, 0.2) is 5.78 Å². The van der Waals surface area contributed by atoms with Crippen LogP contribution in [0.25, 0.3) is 0 Å². The van der Waals surface area contributed by atoms with Crippen LogP contribution < -0.4 is 4.74 Å². The molecule has 0 aromatic carbocycles. The van der Waals surface area contributed by atoms with Gasteiger partial charge >= 0.3 is 6.09 Å². The van der Waals surface area contributed by atoms with Gasteiger partial charge in [0.2, 0.25) is 0 Å². The molecule has 0 bridgehead atoms. The topological polar surface area (TPSA) is 68.7 Å². The lowest BCUT2D eigenvalue weighted by Crippen LogP contribution is -2.61. The van der Waals surface area contributed by atoms with E-state index < -0.39 is 11.0 Å². The normalized spacial score (nSPS) is 16.5. The Labute approximate surface area is 136 Å². The van der Waals surface area contributed by atoms with Gasteiger partial charge in [-0.25, -0.2) is 4.79 Å². The number of Topliss-reactive ketones (excluding diaryl/α,β-unsaturated/α-hetero) is 1. The van der Waals surface area contributed by atoms with Crippen molar-refractivity contribution >= 4 is 11.9 Å². The summed E-state index contributed by atoms with van der Waals surface area (Å²) in [6.45, 7) is 10.4. The molecular formula is C17H24N2O4. The van der Waals surface area contributed by atoms with Crippen LogP contribution in [0.15, 0.2) is 18.5 Å². The maximum atomic E-state index is 12.7. The standard InChI is InChI=1S/C17H24N2O4/c1-6-22-13-7-12(8-18-9-13)14(20)17(5)10-19(11-17)15(21)23-16(2,3)4/h7-9H,6,10-11H2,1-5H3. The Hall–Kier alpha value is -2.11. The monoisotopic (exact) mass is 320 g/mol. The van der Waals surface area contributed by atoms with Crippen molar-refractivity contribution in [1.29, 1.82) is 0 Å². The first-order valence-corrected chi connectivity index (χ1v) is 7.75. The van der Waals surface area contributed by atoms with Crippen molar-refractivity contribution < 1.29 is 19.1 Å². The van der Waals surface area contributed by atoms with E-state index >= 15 is 0 Å². The molecule has 2 heterocycles. The summed E-state index contributed by atoms with van der Waals surface area (Å²) in [5.41, 5.74) is -0.644. The third kappa shape index (κ3) is 4.00. The van der Waals surface area contributed by atoms with Gasteiger partial charge in [-0.1, -0.05) is 0 Å². The molecule has 0 spiro atoms. The number of hydrogen-bond donors (Lipinski definition) is 0. The van der Waals surface area contributed by atoms with Crippen LogP contribution in [0.3, 0.4) is 0 Å². The quantitative estimate of drug-likeness (QED) is 0.798. The summed E-state index contributed by atoms with van der Waals surface area (Å²) in [6, 6.07) is 1.69. The minimum Gasteiger partial charge on any atom is -0.492 e. The number of ether oxygens (including phenoxy) is 2. The van der Waals surface area contributed by atoms with Crippen LogP contribution in [0.5, 0.6) is 5.75 Å². The van der Waals surface area contributed by atoms with E-state index in [0.29, 0.717) is 31.0 Å². The van der Waals surface area contributed by atoms with Crippen molar-refractivity contribution in [2.75, 3.05) is 19.7 Å². The molecule has 23 heavy (non-hydrogen) atoms. The molecule has 0 radical (unpaired) electrons. The van der Waals surface area contributed by atoms with Crippen molar-refractivity contribution in [3.63, 3.8) is 0 Å². The molecule has 1 aromatic rings. The minimum atomic E-state index is -0.608. The highest BCUT2D eigenvalue weighted by Crippen LogP contribution is 2.35. The number of hydrogen-bond acceptors (Lipinski definition) is 5. The van der Waals surface area contributed by atoms with E-state index in [1.54, 1.807) is 17.2 Å². The average molecular weight is 320 g/mol. The SMILES string of the molecule is CCOc1cncc(C(=O)C2(C)CN(C(=O)OC(C)(C)C)C2)c1. The molecule has 1 saturated heterocycles. The highest BCUT2D eigenvalue weighted by molar-refractivity contribution is 6.02. The van der Waals surface area contributed by atoms with Crippen LogP contribution in [-0.2, 0) is 4.74 Å². The number of amides is 1. The van der Waals surface area contributed by atoms with Gasteiger partial charge in [0.05, 0.1) is 18.2 Å². The summed E-state index contributed by atoms with van der Waals surface area (Å²) >= 11 is 0. The molecule has 0 aliphatic carbocycles. The highest BCUT2D eigenvalue weighted by Gasteiger charge is 2.48. The Balaban J connectivity index is 2.02. The largest absolute Gasteiger partial charge is 0.492 e. The van der Waals surface area contributed by atoms with Gasteiger partial charge in [-0.3, -0.25) is 9.78 Å². The van der Waals surface area contributed by atoms with Gasteiger partial charge in [-0.2, -0.15) is 0 Å². The minimum absolute atomic E-state index is 0.0358. The number of carbonyl (C=O) groups is 2. The second-order valence-corrected chi connectivity index (χ2v) is 7.07. The Morgan fingerprint density at radius 1 is 1.30 bits per heavy atom. The maximum absolute atomic E-state index is 12.7. The van der Waals surface area contributed by atoms with E-state index in [1.165, 1.54) is 6.20 Å². The summed E-state index contributed by atoms with van der Waals surface area (Å²) in [6.07, 6.45) is 2.73. The fourth-order valence-electron chi connectivity index (χ4n) is 2.53. The molecule has 0 N–H and O–H groups in total. The number of ketones is 1. The molecule has 1 fully saturated rings. The summed E-state index contributed by atoms with van der Waals surface area (Å²) in [5, 5.41) is 0. The van der Waals surface area contributed by atoms with Crippen molar-refractivity contribution in [2.24, 2.45) is 5.41 Å². The van der Waals surface area contributed by atoms with Gasteiger partial charge in [0.1, 0.15) is 11.4 Å². The number of likely N-dealkylation sites (tertiary alicyclic amines) is 1. The van der Waals surface area contributed by atoms with E-state index in [-0.39, 0.29) is 11.9 Å². The molecule has 0 saturated carbocycles. The van der Waals surface area contributed by atoms with Gasteiger partial charge < -0.3 is 14.4 Å². The predicted molar refractivity (Wildman–Crippen MR) is 85.7 cm³/mol. The van der Waals surface area contributed by atoms with Crippen LogP contribution in [0.4, 0.5) is 4.79 Å². The third-order valence-electron chi connectivity index (χ3n) is 3.57. The van der Waals surface area contributed by atoms with Crippen LogP contribution in [0, 0.1) is 5.41 Å². The lowest BCUT2D eigenvalue weighted by molar-refractivity contribution is -0.0198. The molecule has 6 heteroatoms. The number of carbonyl (C=O) groups excluding carboxylic acids is 2. The van der Waals surface area contributed by atoms with Gasteiger partial charge in [-0.05, 0) is 40.7 Å².